The molecular weight excluding hydrogens is 653 g/mol. The normalized spacial score (nSPS) is 16.4. The van der Waals surface area contributed by atoms with Gasteiger partial charge in [-0.1, -0.05) is 57.0 Å². The van der Waals surface area contributed by atoms with Gasteiger partial charge in [0, 0.05) is 49.4 Å². The molecule has 0 radical (unpaired) electrons. The van der Waals surface area contributed by atoms with E-state index in [1.807, 2.05) is 61.5 Å². The number of urea groups is 1. The van der Waals surface area contributed by atoms with Crippen molar-refractivity contribution in [3.63, 3.8) is 0 Å². The highest BCUT2D eigenvalue weighted by Crippen LogP contribution is 2.29. The van der Waals surface area contributed by atoms with Crippen LogP contribution in [0.15, 0.2) is 70.2 Å². The van der Waals surface area contributed by atoms with Gasteiger partial charge in [0.05, 0.1) is 16.9 Å². The van der Waals surface area contributed by atoms with Gasteiger partial charge in [0.15, 0.2) is 0 Å². The molecule has 0 saturated carbocycles. The third kappa shape index (κ3) is 7.97. The van der Waals surface area contributed by atoms with E-state index in [4.69, 9.17) is 9.52 Å². The van der Waals surface area contributed by atoms with Crippen LogP contribution in [0.2, 0.25) is 0 Å². The molecule has 3 amide bonds. The van der Waals surface area contributed by atoms with E-state index in [2.05, 4.69) is 31.4 Å². The number of anilines is 2. The van der Waals surface area contributed by atoms with Crippen LogP contribution in [0.5, 0.6) is 0 Å². The molecule has 0 spiro atoms. The SMILES string of the molecule is Cc1ccc(-n2nc(C(C)(C)C)cc2NC(=O)Nc2ccc(CC3CCN(C(=O)c4cc(S(=O)(=O)N5CCCCC5)oc4C)CC3)cc2)cc1. The lowest BCUT2D eigenvalue weighted by Crippen LogP contribution is -2.39. The number of sulfonamides is 1. The number of aryl methyl sites for hydroxylation is 2. The molecule has 0 atom stereocenters. The van der Waals surface area contributed by atoms with Crippen LogP contribution in [-0.2, 0) is 21.9 Å². The number of hydrogen-bond acceptors (Lipinski definition) is 6. The molecule has 0 aliphatic carbocycles. The average Bonchev–Trinajstić information content (AvgIpc) is 3.71. The summed E-state index contributed by atoms with van der Waals surface area (Å²) in [6.45, 7) is 12.1. The highest BCUT2D eigenvalue weighted by atomic mass is 32.2. The van der Waals surface area contributed by atoms with Gasteiger partial charge in [-0.3, -0.25) is 10.1 Å². The van der Waals surface area contributed by atoms with Gasteiger partial charge in [-0.15, -0.1) is 0 Å². The molecule has 2 saturated heterocycles. The largest absolute Gasteiger partial charge is 0.448 e. The van der Waals surface area contributed by atoms with Gasteiger partial charge < -0.3 is 14.6 Å². The van der Waals surface area contributed by atoms with E-state index in [1.165, 1.54) is 10.4 Å². The van der Waals surface area contributed by atoms with Gasteiger partial charge in [-0.25, -0.2) is 17.9 Å². The van der Waals surface area contributed by atoms with Crippen LogP contribution in [-0.4, -0.2) is 65.5 Å². The summed E-state index contributed by atoms with van der Waals surface area (Å²) in [5, 5.41) is 10.6. The lowest BCUT2D eigenvalue weighted by Gasteiger charge is -2.32. The summed E-state index contributed by atoms with van der Waals surface area (Å²) in [5.41, 5.74) is 4.85. The predicted octanol–water partition coefficient (Wildman–Crippen LogP) is 7.29. The Hall–Kier alpha value is -4.42. The second-order valence-corrected chi connectivity index (χ2v) is 16.5. The minimum atomic E-state index is -3.75. The van der Waals surface area contributed by atoms with Crippen molar-refractivity contribution >= 4 is 33.5 Å². The molecule has 2 aromatic carbocycles. The van der Waals surface area contributed by atoms with Crippen molar-refractivity contribution in [1.29, 1.82) is 0 Å². The standard InChI is InChI=1S/C38H48N6O5S/c1-26-9-15-31(16-10-26)44-34(25-33(41-44)38(3,4)5)40-37(46)39-30-13-11-28(12-14-30)23-29-17-21-42(22-18-29)36(45)32-24-35(49-27(32)2)50(47,48)43-19-7-6-8-20-43/h9-16,24-25,29H,6-8,17-23H2,1-5H3,(H2,39,40,46). The van der Waals surface area contributed by atoms with Crippen molar-refractivity contribution in [1.82, 2.24) is 19.0 Å². The Kier molecular flexibility index (Phi) is 10.2. The quantitative estimate of drug-likeness (QED) is 0.199. The van der Waals surface area contributed by atoms with Gasteiger partial charge in [0.25, 0.3) is 15.9 Å². The fraction of sp³-hybridized carbons (Fsp3) is 0.447. The summed E-state index contributed by atoms with van der Waals surface area (Å²) in [4.78, 5) is 28.3. The molecule has 6 rings (SSSR count). The molecule has 4 aromatic rings. The topological polar surface area (TPSA) is 130 Å². The molecule has 0 unspecified atom stereocenters. The Bertz CT molecular complexity index is 1930. The second kappa shape index (κ2) is 14.4. The minimum absolute atomic E-state index is 0.144. The number of carbonyl (C=O) groups is 2. The molecule has 2 N–H and O–H groups in total. The lowest BCUT2D eigenvalue weighted by molar-refractivity contribution is 0.0688. The Balaban J connectivity index is 1.02. The predicted molar refractivity (Wildman–Crippen MR) is 194 cm³/mol. The number of aromatic nitrogens is 2. The number of nitrogens with zero attached hydrogens (tertiary/aromatic N) is 4. The number of hydrogen-bond donors (Lipinski definition) is 2. The zero-order chi connectivity index (χ0) is 35.6. The molecule has 0 bridgehead atoms. The summed E-state index contributed by atoms with van der Waals surface area (Å²) in [6.07, 6.45) is 5.24. The van der Waals surface area contributed by atoms with E-state index in [9.17, 15) is 18.0 Å². The van der Waals surface area contributed by atoms with E-state index < -0.39 is 10.0 Å². The van der Waals surface area contributed by atoms with Gasteiger partial charge in [0.1, 0.15) is 11.6 Å². The van der Waals surface area contributed by atoms with E-state index >= 15 is 0 Å². The molecule has 2 aromatic heterocycles. The lowest BCUT2D eigenvalue weighted by atomic mass is 9.90. The molecule has 11 nitrogen and oxygen atoms in total. The second-order valence-electron chi connectivity index (χ2n) is 14.6. The van der Waals surface area contributed by atoms with E-state index in [-0.39, 0.29) is 22.4 Å². The summed E-state index contributed by atoms with van der Waals surface area (Å²) in [5.74, 6) is 1.14. The van der Waals surface area contributed by atoms with Crippen LogP contribution in [0, 0.1) is 19.8 Å². The highest BCUT2D eigenvalue weighted by molar-refractivity contribution is 7.89. The maximum absolute atomic E-state index is 13.4. The number of carbonyl (C=O) groups excluding carboxylic acids is 2. The van der Waals surface area contributed by atoms with Crippen LogP contribution in [0.3, 0.4) is 0 Å². The van der Waals surface area contributed by atoms with Gasteiger partial charge in [-0.05, 0) is 81.7 Å². The molecule has 266 valence electrons. The molecule has 2 aliphatic rings. The van der Waals surface area contributed by atoms with Crippen molar-refractivity contribution in [2.75, 3.05) is 36.8 Å². The Morgan fingerprint density at radius 2 is 1.54 bits per heavy atom. The third-order valence-corrected chi connectivity index (χ3v) is 11.4. The molecule has 2 fully saturated rings. The third-order valence-electron chi connectivity index (χ3n) is 9.67. The van der Waals surface area contributed by atoms with Crippen LogP contribution in [0.4, 0.5) is 16.3 Å². The number of nitrogens with one attached hydrogen (secondary N) is 2. The number of furan rings is 1. The first kappa shape index (κ1) is 35.4. The van der Waals surface area contributed by atoms with Crippen molar-refractivity contribution in [3.8, 4) is 5.69 Å². The number of likely N-dealkylation sites (tertiary alicyclic amines) is 1. The van der Waals surface area contributed by atoms with Crippen molar-refractivity contribution in [2.24, 2.45) is 5.92 Å². The number of benzene rings is 2. The minimum Gasteiger partial charge on any atom is -0.448 e. The van der Waals surface area contributed by atoms with Crippen molar-refractivity contribution < 1.29 is 22.4 Å². The first-order chi connectivity index (χ1) is 23.8. The molecule has 12 heteroatoms. The van der Waals surface area contributed by atoms with Crippen molar-refractivity contribution in [2.45, 2.75) is 83.7 Å². The molecule has 2 aliphatic heterocycles. The average molecular weight is 701 g/mol. The maximum Gasteiger partial charge on any atom is 0.324 e. The van der Waals surface area contributed by atoms with Crippen LogP contribution >= 0.6 is 0 Å². The first-order valence-electron chi connectivity index (χ1n) is 17.5. The van der Waals surface area contributed by atoms with E-state index in [0.717, 1.165) is 61.0 Å². The van der Waals surface area contributed by atoms with E-state index in [1.54, 1.807) is 16.5 Å². The fourth-order valence-corrected chi connectivity index (χ4v) is 8.08. The number of piperidine rings is 2. The smallest absolute Gasteiger partial charge is 0.324 e. The fourth-order valence-electron chi connectivity index (χ4n) is 6.59. The van der Waals surface area contributed by atoms with E-state index in [0.29, 0.717) is 54.9 Å². The number of rotatable bonds is 8. The molecule has 4 heterocycles. The summed E-state index contributed by atoms with van der Waals surface area (Å²) >= 11 is 0. The zero-order valence-electron chi connectivity index (χ0n) is 29.7. The van der Waals surface area contributed by atoms with Gasteiger partial charge in [0.2, 0.25) is 5.09 Å². The highest BCUT2D eigenvalue weighted by Gasteiger charge is 2.33. The summed E-state index contributed by atoms with van der Waals surface area (Å²) < 4.78 is 35.0. The van der Waals surface area contributed by atoms with Gasteiger partial charge >= 0.3 is 6.03 Å². The molecule has 50 heavy (non-hydrogen) atoms. The van der Waals surface area contributed by atoms with Crippen LogP contribution in [0.25, 0.3) is 5.69 Å². The maximum atomic E-state index is 13.4. The van der Waals surface area contributed by atoms with Crippen LogP contribution in [0.1, 0.15) is 85.8 Å². The number of amides is 3. The first-order valence-corrected chi connectivity index (χ1v) is 19.0. The van der Waals surface area contributed by atoms with Gasteiger partial charge in [-0.2, -0.15) is 9.40 Å². The monoisotopic (exact) mass is 700 g/mol. The Labute approximate surface area is 295 Å². The Morgan fingerprint density at radius 1 is 0.880 bits per heavy atom. The molecular formula is C38H48N6O5S. The summed E-state index contributed by atoms with van der Waals surface area (Å²) in [7, 11) is -3.75. The van der Waals surface area contributed by atoms with Crippen LogP contribution < -0.4 is 10.6 Å². The summed E-state index contributed by atoms with van der Waals surface area (Å²) in [6, 6.07) is 18.8. The van der Waals surface area contributed by atoms with Crippen molar-refractivity contribution in [3.05, 3.63) is 88.8 Å². The Morgan fingerprint density at radius 3 is 2.18 bits per heavy atom. The zero-order valence-corrected chi connectivity index (χ0v) is 30.5.